The van der Waals surface area contributed by atoms with Gasteiger partial charge in [-0.25, -0.2) is 9.78 Å². The Kier molecular flexibility index (Phi) is 5.42. The highest BCUT2D eigenvalue weighted by atomic mass is 32.2. The molecule has 0 bridgehead atoms. The number of carboxylic acids is 1. The van der Waals surface area contributed by atoms with Crippen LogP contribution in [0.5, 0.6) is 17.4 Å². The van der Waals surface area contributed by atoms with Crippen molar-refractivity contribution in [1.82, 2.24) is 14.8 Å². The Balaban J connectivity index is 1.79. The minimum Gasteiger partial charge on any atom is -0.593 e. The summed E-state index contributed by atoms with van der Waals surface area (Å²) in [6, 6.07) is 15.3. The zero-order chi connectivity index (χ0) is 21.3. The molecule has 0 radical (unpaired) electrons. The maximum absolute atomic E-state index is 11.4. The zero-order valence-electron chi connectivity index (χ0n) is 15.1. The van der Waals surface area contributed by atoms with Crippen molar-refractivity contribution in [2.24, 2.45) is 5.14 Å². The zero-order valence-corrected chi connectivity index (χ0v) is 16.8. The number of nitrogens with two attached hydrogens (primary N) is 1. The minimum atomic E-state index is -1.62. The van der Waals surface area contributed by atoms with Crippen LogP contribution in [0.15, 0.2) is 64.9 Å². The topological polar surface area (TPSA) is 147 Å². The molecular formula is C19H14N4O5S2. The summed E-state index contributed by atoms with van der Waals surface area (Å²) in [5.74, 6) is -1.09. The number of aromatic hydroxyl groups is 1. The predicted octanol–water partition coefficient (Wildman–Crippen LogP) is 3.17. The minimum absolute atomic E-state index is 0.0647. The molecule has 4 N–H and O–H groups in total. The van der Waals surface area contributed by atoms with E-state index in [0.29, 0.717) is 21.9 Å². The van der Waals surface area contributed by atoms with E-state index in [0.717, 1.165) is 16.0 Å². The number of aromatic nitrogens is 3. The highest BCUT2D eigenvalue weighted by Crippen LogP contribution is 2.41. The molecule has 4 aromatic rings. The van der Waals surface area contributed by atoms with E-state index in [1.165, 1.54) is 5.38 Å². The van der Waals surface area contributed by atoms with E-state index in [1.807, 2.05) is 18.2 Å². The molecule has 2 heterocycles. The Bertz CT molecular complexity index is 1190. The first-order chi connectivity index (χ1) is 14.4. The van der Waals surface area contributed by atoms with Gasteiger partial charge >= 0.3 is 5.97 Å². The molecule has 2 aromatic carbocycles. The summed E-state index contributed by atoms with van der Waals surface area (Å²) in [5.41, 5.74) is 0.863. The van der Waals surface area contributed by atoms with Crippen LogP contribution in [0.2, 0.25) is 0 Å². The maximum atomic E-state index is 11.4. The normalized spacial score (nSPS) is 11.9. The van der Waals surface area contributed by atoms with Gasteiger partial charge in [0.25, 0.3) is 5.88 Å². The molecule has 4 rings (SSSR count). The van der Waals surface area contributed by atoms with Gasteiger partial charge in [0.15, 0.2) is 10.6 Å². The van der Waals surface area contributed by atoms with E-state index < -0.39 is 17.3 Å². The molecule has 0 amide bonds. The first-order valence-electron chi connectivity index (χ1n) is 8.44. The van der Waals surface area contributed by atoms with Crippen molar-refractivity contribution in [2.45, 2.75) is 4.90 Å². The molecule has 1 unspecified atom stereocenters. The second-order valence-electron chi connectivity index (χ2n) is 5.97. The van der Waals surface area contributed by atoms with Crippen LogP contribution in [0.3, 0.4) is 0 Å². The van der Waals surface area contributed by atoms with Crippen LogP contribution in [0.25, 0.3) is 16.4 Å². The summed E-state index contributed by atoms with van der Waals surface area (Å²) in [5, 5.41) is 31.2. The van der Waals surface area contributed by atoms with Crippen molar-refractivity contribution in [2.75, 3.05) is 0 Å². The fourth-order valence-electron chi connectivity index (χ4n) is 2.63. The predicted molar refractivity (Wildman–Crippen MR) is 110 cm³/mol. The van der Waals surface area contributed by atoms with Gasteiger partial charge in [-0.15, -0.1) is 16.5 Å². The van der Waals surface area contributed by atoms with E-state index in [4.69, 9.17) is 15.0 Å². The molecular weight excluding hydrogens is 428 g/mol. The third kappa shape index (κ3) is 3.86. The van der Waals surface area contributed by atoms with E-state index >= 15 is 0 Å². The second kappa shape index (κ2) is 8.16. The van der Waals surface area contributed by atoms with Crippen LogP contribution in [-0.2, 0) is 11.4 Å². The van der Waals surface area contributed by atoms with Crippen LogP contribution in [-0.4, -0.2) is 35.5 Å². The largest absolute Gasteiger partial charge is 0.593 e. The fourth-order valence-corrected chi connectivity index (χ4v) is 3.78. The quantitative estimate of drug-likeness (QED) is 0.386. The number of hydrogen-bond donors (Lipinski definition) is 3. The number of aromatic carboxylic acids is 1. The first kappa shape index (κ1) is 19.9. The third-order valence-corrected chi connectivity index (χ3v) is 5.59. The molecule has 2 aromatic heterocycles. The SMILES string of the molecule is N[S+]([O-])c1ccc(Oc2c(-c3ccccc3)nn(-c3nc(C(=O)O)cs3)c2O)cc1. The lowest BCUT2D eigenvalue weighted by Crippen LogP contribution is -2.11. The van der Waals surface area contributed by atoms with E-state index in [2.05, 4.69) is 10.1 Å². The standard InChI is InChI=1S/C19H14N4O5S2/c20-30(27)13-8-6-12(7-9-13)28-16-15(11-4-2-1-3-5-11)22-23(17(16)24)19-21-14(10-29-19)18(25)26/h1-10,24H,20H2,(H,25,26). The Morgan fingerprint density at radius 2 is 1.87 bits per heavy atom. The number of thiazole rings is 1. The lowest BCUT2D eigenvalue weighted by atomic mass is 10.1. The first-order valence-corrected chi connectivity index (χ1v) is 10.5. The van der Waals surface area contributed by atoms with E-state index in [1.54, 1.807) is 36.4 Å². The molecule has 0 aliphatic carbocycles. The van der Waals surface area contributed by atoms with Gasteiger partial charge in [-0.2, -0.15) is 9.78 Å². The molecule has 0 fully saturated rings. The lowest BCUT2D eigenvalue weighted by Gasteiger charge is -2.07. The summed E-state index contributed by atoms with van der Waals surface area (Å²) >= 11 is -0.602. The molecule has 9 nitrogen and oxygen atoms in total. The summed E-state index contributed by atoms with van der Waals surface area (Å²) in [4.78, 5) is 15.5. The molecule has 0 saturated heterocycles. The molecule has 0 saturated carbocycles. The van der Waals surface area contributed by atoms with Crippen LogP contribution < -0.4 is 9.88 Å². The second-order valence-corrected chi connectivity index (χ2v) is 7.87. The fraction of sp³-hybridized carbons (Fsp3) is 0. The Morgan fingerprint density at radius 3 is 2.47 bits per heavy atom. The number of carboxylic acid groups (broad SMARTS) is 1. The Labute approximate surface area is 177 Å². The van der Waals surface area contributed by atoms with Gasteiger partial charge in [-0.1, -0.05) is 30.3 Å². The summed E-state index contributed by atoms with van der Waals surface area (Å²) in [6.07, 6.45) is 0. The average molecular weight is 442 g/mol. The highest BCUT2D eigenvalue weighted by molar-refractivity contribution is 7.89. The van der Waals surface area contributed by atoms with Gasteiger partial charge in [0.1, 0.15) is 11.4 Å². The Hall–Kier alpha value is -3.38. The summed E-state index contributed by atoms with van der Waals surface area (Å²) < 4.78 is 18.4. The van der Waals surface area contributed by atoms with Crippen molar-refractivity contribution in [1.29, 1.82) is 0 Å². The molecule has 152 valence electrons. The average Bonchev–Trinajstić information content (AvgIpc) is 3.35. The van der Waals surface area contributed by atoms with Crippen molar-refractivity contribution in [3.05, 3.63) is 65.7 Å². The maximum Gasteiger partial charge on any atom is 0.355 e. The van der Waals surface area contributed by atoms with Gasteiger partial charge in [0, 0.05) is 10.9 Å². The van der Waals surface area contributed by atoms with Gasteiger partial charge in [-0.05, 0) is 24.3 Å². The van der Waals surface area contributed by atoms with Crippen LogP contribution in [0, 0.1) is 0 Å². The lowest BCUT2D eigenvalue weighted by molar-refractivity contribution is 0.0691. The molecule has 1 atom stereocenters. The van der Waals surface area contributed by atoms with Crippen LogP contribution in [0.1, 0.15) is 10.5 Å². The number of carbonyl (C=O) groups is 1. The number of ether oxygens (including phenoxy) is 1. The van der Waals surface area contributed by atoms with Crippen molar-refractivity contribution in [3.8, 4) is 33.8 Å². The van der Waals surface area contributed by atoms with Crippen molar-refractivity contribution in [3.63, 3.8) is 0 Å². The third-order valence-electron chi connectivity index (χ3n) is 4.03. The number of nitrogens with zero attached hydrogens (tertiary/aromatic N) is 3. The van der Waals surface area contributed by atoms with E-state index in [9.17, 15) is 14.5 Å². The highest BCUT2D eigenvalue weighted by Gasteiger charge is 2.24. The molecule has 0 aliphatic heterocycles. The van der Waals surface area contributed by atoms with Crippen LogP contribution in [0.4, 0.5) is 0 Å². The molecule has 30 heavy (non-hydrogen) atoms. The number of rotatable bonds is 6. The smallest absolute Gasteiger partial charge is 0.355 e. The van der Waals surface area contributed by atoms with Crippen molar-refractivity contribution < 1.29 is 24.3 Å². The van der Waals surface area contributed by atoms with Crippen molar-refractivity contribution >= 4 is 28.7 Å². The van der Waals surface area contributed by atoms with Gasteiger partial charge < -0.3 is 19.5 Å². The van der Waals surface area contributed by atoms with Gasteiger partial charge in [0.05, 0.1) is 11.4 Å². The summed E-state index contributed by atoms with van der Waals surface area (Å²) in [7, 11) is 0. The monoisotopic (exact) mass is 442 g/mol. The molecule has 0 spiro atoms. The van der Waals surface area contributed by atoms with Gasteiger partial charge in [0.2, 0.25) is 10.9 Å². The van der Waals surface area contributed by atoms with Crippen LogP contribution >= 0.6 is 11.3 Å². The molecule has 11 heteroatoms. The summed E-state index contributed by atoms with van der Waals surface area (Å²) in [6.45, 7) is 0. The number of hydrogen-bond acceptors (Lipinski definition) is 8. The number of benzene rings is 2. The molecule has 0 aliphatic rings. The Morgan fingerprint density at radius 1 is 1.17 bits per heavy atom. The van der Waals surface area contributed by atoms with E-state index in [-0.39, 0.29) is 22.5 Å². The van der Waals surface area contributed by atoms with Gasteiger partial charge in [-0.3, -0.25) is 0 Å².